The summed E-state index contributed by atoms with van der Waals surface area (Å²) in [6.45, 7) is 0.774. The van der Waals surface area contributed by atoms with E-state index in [2.05, 4.69) is 10.3 Å². The summed E-state index contributed by atoms with van der Waals surface area (Å²) in [6.07, 6.45) is 3.38. The highest BCUT2D eigenvalue weighted by Crippen LogP contribution is 2.25. The van der Waals surface area contributed by atoms with Gasteiger partial charge in [0.2, 0.25) is 11.8 Å². The third-order valence-electron chi connectivity index (χ3n) is 4.75. The minimum Gasteiger partial charge on any atom is -0.352 e. The number of halogens is 1. The highest BCUT2D eigenvalue weighted by Gasteiger charge is 2.34. The fraction of sp³-hybridized carbons (Fsp3) is 0.190. The Labute approximate surface area is 161 Å². The van der Waals surface area contributed by atoms with Gasteiger partial charge >= 0.3 is 0 Å². The van der Waals surface area contributed by atoms with Crippen LogP contribution in [0, 0.1) is 5.82 Å². The van der Waals surface area contributed by atoms with Crippen molar-refractivity contribution in [2.45, 2.75) is 12.6 Å². The molecule has 0 unspecified atom stereocenters. The van der Waals surface area contributed by atoms with Gasteiger partial charge in [-0.3, -0.25) is 9.59 Å². The molecule has 7 heteroatoms. The number of amides is 2. The summed E-state index contributed by atoms with van der Waals surface area (Å²) in [4.78, 5) is 31.4. The van der Waals surface area contributed by atoms with E-state index in [1.807, 2.05) is 30.3 Å². The van der Waals surface area contributed by atoms with E-state index in [0.717, 1.165) is 5.56 Å². The topological polar surface area (TPSA) is 67.2 Å². The first-order chi connectivity index (χ1) is 13.6. The predicted octanol–water partition coefficient (Wildman–Crippen LogP) is 2.39. The molecule has 4 rings (SSSR count). The molecule has 0 bridgehead atoms. The minimum atomic E-state index is -0.847. The molecule has 2 heterocycles. The van der Waals surface area contributed by atoms with Crippen LogP contribution in [0.4, 0.5) is 4.39 Å². The van der Waals surface area contributed by atoms with E-state index < -0.39 is 11.9 Å². The number of carbonyl (C=O) groups excluding carboxylic acids is 2. The number of imidazole rings is 1. The number of hydrogen-bond donors (Lipinski definition) is 1. The summed E-state index contributed by atoms with van der Waals surface area (Å²) in [5, 5.41) is 2.76. The van der Waals surface area contributed by atoms with Gasteiger partial charge in [-0.25, -0.2) is 9.37 Å². The Morgan fingerprint density at radius 2 is 2.00 bits per heavy atom. The van der Waals surface area contributed by atoms with Crippen molar-refractivity contribution >= 4 is 11.8 Å². The molecule has 0 spiro atoms. The van der Waals surface area contributed by atoms with Gasteiger partial charge in [0.05, 0.1) is 0 Å². The Kier molecular flexibility index (Phi) is 4.89. The van der Waals surface area contributed by atoms with Crippen molar-refractivity contribution < 1.29 is 14.0 Å². The number of benzene rings is 2. The molecule has 2 amide bonds. The van der Waals surface area contributed by atoms with Crippen molar-refractivity contribution in [1.82, 2.24) is 19.8 Å². The summed E-state index contributed by atoms with van der Waals surface area (Å²) >= 11 is 0. The molecule has 1 atom stereocenters. The van der Waals surface area contributed by atoms with Crippen molar-refractivity contribution in [2.75, 3.05) is 13.1 Å². The van der Waals surface area contributed by atoms with Crippen molar-refractivity contribution in [3.05, 3.63) is 78.4 Å². The molecule has 1 fully saturated rings. The lowest BCUT2D eigenvalue weighted by molar-refractivity contribution is -0.144. The number of carbonyl (C=O) groups is 2. The van der Waals surface area contributed by atoms with Crippen LogP contribution in [0.25, 0.3) is 11.4 Å². The molecule has 0 saturated carbocycles. The van der Waals surface area contributed by atoms with Crippen molar-refractivity contribution in [2.24, 2.45) is 0 Å². The molecule has 28 heavy (non-hydrogen) atoms. The van der Waals surface area contributed by atoms with E-state index in [1.165, 1.54) is 17.0 Å². The summed E-state index contributed by atoms with van der Waals surface area (Å²) < 4.78 is 15.4. The molecular formula is C21H19FN4O2. The standard InChI is InChI=1S/C21H19FN4O2/c22-17-8-4-7-16(13-17)19-21(28)24-10-12-26(19)18(27)14-25-11-9-23-20(25)15-5-2-1-3-6-15/h1-9,11,13,19H,10,12,14H2,(H,24,28)/t19-/m0/s1. The second-order valence-electron chi connectivity index (χ2n) is 6.58. The Morgan fingerprint density at radius 3 is 2.79 bits per heavy atom. The second kappa shape index (κ2) is 7.64. The lowest BCUT2D eigenvalue weighted by Crippen LogP contribution is -2.52. The van der Waals surface area contributed by atoms with Crippen LogP contribution in [0.15, 0.2) is 67.0 Å². The van der Waals surface area contributed by atoms with Crippen molar-refractivity contribution in [3.63, 3.8) is 0 Å². The molecule has 142 valence electrons. The summed E-state index contributed by atoms with van der Waals surface area (Å²) in [7, 11) is 0. The van der Waals surface area contributed by atoms with E-state index in [0.29, 0.717) is 24.5 Å². The van der Waals surface area contributed by atoms with Gasteiger partial charge in [-0.1, -0.05) is 42.5 Å². The first kappa shape index (κ1) is 17.9. The molecule has 1 aromatic heterocycles. The maximum Gasteiger partial charge on any atom is 0.247 e. The largest absolute Gasteiger partial charge is 0.352 e. The van der Waals surface area contributed by atoms with Gasteiger partial charge in [0, 0.05) is 31.0 Å². The summed E-state index contributed by atoms with van der Waals surface area (Å²) in [6, 6.07) is 14.5. The van der Waals surface area contributed by atoms with E-state index >= 15 is 0 Å². The van der Waals surface area contributed by atoms with Crippen LogP contribution in [-0.2, 0) is 16.1 Å². The molecule has 0 radical (unpaired) electrons. The zero-order chi connectivity index (χ0) is 19.5. The van der Waals surface area contributed by atoms with Gasteiger partial charge < -0.3 is 14.8 Å². The van der Waals surface area contributed by atoms with Crippen LogP contribution in [0.3, 0.4) is 0 Å². The van der Waals surface area contributed by atoms with Gasteiger partial charge in [0.1, 0.15) is 24.2 Å². The van der Waals surface area contributed by atoms with Gasteiger partial charge in [0.25, 0.3) is 0 Å². The lowest BCUT2D eigenvalue weighted by Gasteiger charge is -2.35. The minimum absolute atomic E-state index is 0.0450. The number of nitrogens with one attached hydrogen (secondary N) is 1. The maximum absolute atomic E-state index is 13.7. The van der Waals surface area contributed by atoms with Crippen LogP contribution in [0.1, 0.15) is 11.6 Å². The quantitative estimate of drug-likeness (QED) is 0.758. The van der Waals surface area contributed by atoms with Crippen LogP contribution < -0.4 is 5.32 Å². The Bertz CT molecular complexity index is 1000. The first-order valence-corrected chi connectivity index (χ1v) is 9.02. The van der Waals surface area contributed by atoms with E-state index in [1.54, 1.807) is 29.1 Å². The number of hydrogen-bond acceptors (Lipinski definition) is 3. The van der Waals surface area contributed by atoms with Crippen LogP contribution in [0.5, 0.6) is 0 Å². The van der Waals surface area contributed by atoms with Crippen LogP contribution in [-0.4, -0.2) is 39.4 Å². The number of nitrogens with zero attached hydrogens (tertiary/aromatic N) is 3. The summed E-state index contributed by atoms with van der Waals surface area (Å²) in [5.41, 5.74) is 1.36. The fourth-order valence-electron chi connectivity index (χ4n) is 3.46. The normalized spacial score (nSPS) is 16.7. The molecule has 2 aromatic carbocycles. The monoisotopic (exact) mass is 378 g/mol. The molecule has 1 saturated heterocycles. The van der Waals surface area contributed by atoms with Crippen LogP contribution >= 0.6 is 0 Å². The van der Waals surface area contributed by atoms with Gasteiger partial charge in [-0.05, 0) is 17.7 Å². The molecule has 6 nitrogen and oxygen atoms in total. The molecular weight excluding hydrogens is 359 g/mol. The second-order valence-corrected chi connectivity index (χ2v) is 6.58. The van der Waals surface area contributed by atoms with Crippen molar-refractivity contribution in [3.8, 4) is 11.4 Å². The SMILES string of the molecule is O=C1NCCN(C(=O)Cn2ccnc2-c2ccccc2)[C@H]1c1cccc(F)c1. The third-order valence-corrected chi connectivity index (χ3v) is 4.75. The lowest BCUT2D eigenvalue weighted by atomic mass is 10.0. The zero-order valence-electron chi connectivity index (χ0n) is 15.1. The maximum atomic E-state index is 13.7. The fourth-order valence-corrected chi connectivity index (χ4v) is 3.46. The van der Waals surface area contributed by atoms with E-state index in [4.69, 9.17) is 0 Å². The molecule has 1 N–H and O–H groups in total. The van der Waals surface area contributed by atoms with E-state index in [9.17, 15) is 14.0 Å². The zero-order valence-corrected chi connectivity index (χ0v) is 15.1. The van der Waals surface area contributed by atoms with E-state index in [-0.39, 0.29) is 18.4 Å². The average Bonchev–Trinajstić information content (AvgIpc) is 3.16. The Hall–Kier alpha value is -3.48. The smallest absolute Gasteiger partial charge is 0.247 e. The molecule has 0 aliphatic carbocycles. The number of rotatable bonds is 4. The van der Waals surface area contributed by atoms with Gasteiger partial charge in [-0.15, -0.1) is 0 Å². The molecule has 1 aliphatic rings. The van der Waals surface area contributed by atoms with Crippen LogP contribution in [0.2, 0.25) is 0 Å². The van der Waals surface area contributed by atoms with Gasteiger partial charge in [-0.2, -0.15) is 0 Å². The first-order valence-electron chi connectivity index (χ1n) is 9.02. The number of piperazine rings is 1. The molecule has 3 aromatic rings. The van der Waals surface area contributed by atoms with Gasteiger partial charge in [0.15, 0.2) is 0 Å². The molecule has 1 aliphatic heterocycles. The van der Waals surface area contributed by atoms with Crippen molar-refractivity contribution in [1.29, 1.82) is 0 Å². The number of aromatic nitrogens is 2. The summed E-state index contributed by atoms with van der Waals surface area (Å²) in [5.74, 6) is -0.291. The third kappa shape index (κ3) is 3.51. The highest BCUT2D eigenvalue weighted by atomic mass is 19.1. The highest BCUT2D eigenvalue weighted by molar-refractivity contribution is 5.90. The average molecular weight is 378 g/mol. The predicted molar refractivity (Wildman–Crippen MR) is 102 cm³/mol. The Balaban J connectivity index is 1.60. The Morgan fingerprint density at radius 1 is 1.18 bits per heavy atom.